The third kappa shape index (κ3) is 4.60. The molecule has 0 saturated carbocycles. The molecule has 0 saturated heterocycles. The number of carbonyl (C=O) groups excluding carboxylic acids is 1. The average molecular weight is 309 g/mol. The highest BCUT2D eigenvalue weighted by atomic mass is 32.2. The Kier molecular flexibility index (Phi) is 4.09. The van der Waals surface area contributed by atoms with Gasteiger partial charge in [0.2, 0.25) is 0 Å². The van der Waals surface area contributed by atoms with Crippen LogP contribution in [0.15, 0.2) is 30.3 Å². The van der Waals surface area contributed by atoms with E-state index < -0.39 is 21.5 Å². The molecule has 0 aliphatic carbocycles. The molecule has 1 N–H and O–H groups in total. The number of amides is 1. The number of hydrogen-bond acceptors (Lipinski definition) is 4. The minimum Gasteiger partial charge on any atom is -0.444 e. The van der Waals surface area contributed by atoms with Crippen molar-refractivity contribution in [2.45, 2.75) is 26.4 Å². The predicted octanol–water partition coefficient (Wildman–Crippen LogP) is 2.85. The Morgan fingerprint density at radius 3 is 2.29 bits per heavy atom. The summed E-state index contributed by atoms with van der Waals surface area (Å²) in [5.41, 5.74) is 1.71. The molecule has 114 valence electrons. The van der Waals surface area contributed by atoms with Crippen LogP contribution in [0.4, 0.5) is 10.5 Å². The summed E-state index contributed by atoms with van der Waals surface area (Å²) in [7, 11) is -2.98. The van der Waals surface area contributed by atoms with Crippen molar-refractivity contribution in [3.8, 4) is 0 Å². The van der Waals surface area contributed by atoms with Crippen molar-refractivity contribution in [3.05, 3.63) is 35.9 Å². The van der Waals surface area contributed by atoms with Crippen LogP contribution >= 0.6 is 0 Å². The third-order valence-corrected chi connectivity index (χ3v) is 4.29. The van der Waals surface area contributed by atoms with Gasteiger partial charge in [0.15, 0.2) is 9.84 Å². The van der Waals surface area contributed by atoms with Gasteiger partial charge in [0.1, 0.15) is 5.60 Å². The monoisotopic (exact) mass is 309 g/mol. The van der Waals surface area contributed by atoms with E-state index in [1.165, 1.54) is 0 Å². The molecule has 1 aromatic carbocycles. The van der Waals surface area contributed by atoms with Gasteiger partial charge in [0.25, 0.3) is 0 Å². The summed E-state index contributed by atoms with van der Waals surface area (Å²) in [6, 6.07) is 7.04. The van der Waals surface area contributed by atoms with Crippen molar-refractivity contribution in [1.29, 1.82) is 0 Å². The van der Waals surface area contributed by atoms with Crippen LogP contribution in [0.1, 0.15) is 26.3 Å². The van der Waals surface area contributed by atoms with Crippen LogP contribution in [0, 0.1) is 0 Å². The lowest BCUT2D eigenvalue weighted by Gasteiger charge is -2.19. The van der Waals surface area contributed by atoms with E-state index in [0.717, 1.165) is 11.1 Å². The molecule has 0 unspecified atom stereocenters. The van der Waals surface area contributed by atoms with Crippen LogP contribution < -0.4 is 5.32 Å². The largest absolute Gasteiger partial charge is 0.444 e. The minimum absolute atomic E-state index is 0.0752. The Hall–Kier alpha value is -1.82. The zero-order valence-electron chi connectivity index (χ0n) is 12.3. The minimum atomic E-state index is -2.98. The SMILES string of the molecule is CC(C)(C)OC(=O)Nc1ccc(C2=CCS(=O)(=O)C2)cc1. The molecular weight excluding hydrogens is 290 g/mol. The second-order valence-electron chi connectivity index (χ2n) is 5.99. The lowest BCUT2D eigenvalue weighted by molar-refractivity contribution is 0.0636. The summed E-state index contributed by atoms with van der Waals surface area (Å²) in [5.74, 6) is 0.173. The molecule has 2 rings (SSSR count). The van der Waals surface area contributed by atoms with E-state index in [1.807, 2.05) is 0 Å². The Morgan fingerprint density at radius 2 is 1.81 bits per heavy atom. The molecule has 0 radical (unpaired) electrons. The highest BCUT2D eigenvalue weighted by Gasteiger charge is 2.21. The first-order valence-corrected chi connectivity index (χ1v) is 8.47. The van der Waals surface area contributed by atoms with E-state index in [9.17, 15) is 13.2 Å². The van der Waals surface area contributed by atoms with Crippen LogP contribution in [0.2, 0.25) is 0 Å². The van der Waals surface area contributed by atoms with Gasteiger partial charge in [-0.05, 0) is 44.0 Å². The number of benzene rings is 1. The number of carbonyl (C=O) groups is 1. The van der Waals surface area contributed by atoms with E-state index in [2.05, 4.69) is 5.32 Å². The Balaban J connectivity index is 2.02. The van der Waals surface area contributed by atoms with Crippen LogP contribution in [-0.2, 0) is 14.6 Å². The van der Waals surface area contributed by atoms with Gasteiger partial charge in [-0.25, -0.2) is 13.2 Å². The van der Waals surface area contributed by atoms with Crippen LogP contribution in [-0.4, -0.2) is 31.6 Å². The Labute approximate surface area is 124 Å². The fraction of sp³-hybridized carbons (Fsp3) is 0.400. The van der Waals surface area contributed by atoms with Gasteiger partial charge in [0, 0.05) is 5.69 Å². The van der Waals surface area contributed by atoms with E-state index >= 15 is 0 Å². The average Bonchev–Trinajstić information content (AvgIpc) is 2.68. The topological polar surface area (TPSA) is 72.5 Å². The molecule has 0 atom stereocenters. The Morgan fingerprint density at radius 1 is 1.19 bits per heavy atom. The zero-order chi connectivity index (χ0) is 15.7. The Bertz CT molecular complexity index is 667. The first-order chi connectivity index (χ1) is 9.65. The van der Waals surface area contributed by atoms with Crippen LogP contribution in [0.3, 0.4) is 0 Å². The van der Waals surface area contributed by atoms with Crippen molar-refractivity contribution in [3.63, 3.8) is 0 Å². The molecule has 0 aromatic heterocycles. The molecule has 1 amide bonds. The van der Waals surface area contributed by atoms with E-state index in [0.29, 0.717) is 5.69 Å². The number of anilines is 1. The molecular formula is C15H19NO4S. The molecule has 0 spiro atoms. The van der Waals surface area contributed by atoms with Crippen molar-refractivity contribution >= 4 is 27.2 Å². The van der Waals surface area contributed by atoms with Crippen LogP contribution in [0.25, 0.3) is 5.57 Å². The fourth-order valence-corrected chi connectivity index (χ4v) is 3.30. The van der Waals surface area contributed by atoms with Crippen molar-refractivity contribution in [2.75, 3.05) is 16.8 Å². The maximum Gasteiger partial charge on any atom is 0.412 e. The lowest BCUT2D eigenvalue weighted by Crippen LogP contribution is -2.27. The molecule has 1 aromatic rings. The summed E-state index contributed by atoms with van der Waals surface area (Å²) < 4.78 is 28.0. The normalized spacial score (nSPS) is 17.2. The summed E-state index contributed by atoms with van der Waals surface area (Å²) in [4.78, 5) is 11.6. The van der Waals surface area contributed by atoms with Crippen molar-refractivity contribution in [1.82, 2.24) is 0 Å². The summed E-state index contributed by atoms with van der Waals surface area (Å²) in [6.45, 7) is 5.38. The maximum atomic E-state index is 11.6. The van der Waals surface area contributed by atoms with Gasteiger partial charge < -0.3 is 4.74 Å². The number of sulfone groups is 1. The number of nitrogens with one attached hydrogen (secondary N) is 1. The fourth-order valence-electron chi connectivity index (χ4n) is 1.97. The highest BCUT2D eigenvalue weighted by molar-refractivity contribution is 7.92. The van der Waals surface area contributed by atoms with Gasteiger partial charge in [0.05, 0.1) is 11.5 Å². The van der Waals surface area contributed by atoms with Gasteiger partial charge in [-0.15, -0.1) is 0 Å². The molecule has 1 aliphatic rings. The standard InChI is InChI=1S/C15H19NO4S/c1-15(2,3)20-14(17)16-13-6-4-11(5-7-13)12-8-9-21(18,19)10-12/h4-8H,9-10H2,1-3H3,(H,16,17). The van der Waals surface area contributed by atoms with Gasteiger partial charge >= 0.3 is 6.09 Å². The first-order valence-electron chi connectivity index (χ1n) is 6.64. The van der Waals surface area contributed by atoms with E-state index in [1.54, 1.807) is 51.1 Å². The lowest BCUT2D eigenvalue weighted by atomic mass is 10.1. The molecule has 1 heterocycles. The van der Waals surface area contributed by atoms with Crippen LogP contribution in [0.5, 0.6) is 0 Å². The molecule has 1 aliphatic heterocycles. The summed E-state index contributed by atoms with van der Waals surface area (Å²) in [6.07, 6.45) is 1.21. The third-order valence-electron chi connectivity index (χ3n) is 2.86. The molecule has 21 heavy (non-hydrogen) atoms. The number of ether oxygens (including phenoxy) is 1. The van der Waals surface area contributed by atoms with E-state index in [4.69, 9.17) is 4.74 Å². The molecule has 5 nitrogen and oxygen atoms in total. The smallest absolute Gasteiger partial charge is 0.412 e. The molecule has 0 bridgehead atoms. The summed E-state index contributed by atoms with van der Waals surface area (Å²) >= 11 is 0. The quantitative estimate of drug-likeness (QED) is 0.911. The molecule has 6 heteroatoms. The number of rotatable bonds is 2. The van der Waals surface area contributed by atoms with Gasteiger partial charge in [-0.1, -0.05) is 18.2 Å². The summed E-state index contributed by atoms with van der Waals surface area (Å²) in [5, 5.41) is 2.63. The predicted molar refractivity (Wildman–Crippen MR) is 82.9 cm³/mol. The van der Waals surface area contributed by atoms with Gasteiger partial charge in [-0.3, -0.25) is 5.32 Å². The molecule has 0 fully saturated rings. The first kappa shape index (κ1) is 15.6. The van der Waals surface area contributed by atoms with Gasteiger partial charge in [-0.2, -0.15) is 0 Å². The number of hydrogen-bond donors (Lipinski definition) is 1. The van der Waals surface area contributed by atoms with Crippen molar-refractivity contribution < 1.29 is 17.9 Å². The van der Waals surface area contributed by atoms with E-state index in [-0.39, 0.29) is 11.5 Å². The van der Waals surface area contributed by atoms with Crippen molar-refractivity contribution in [2.24, 2.45) is 0 Å². The maximum absolute atomic E-state index is 11.6. The second kappa shape index (κ2) is 5.52. The second-order valence-corrected chi connectivity index (χ2v) is 8.10. The highest BCUT2D eigenvalue weighted by Crippen LogP contribution is 2.24. The zero-order valence-corrected chi connectivity index (χ0v) is 13.2.